The Balaban J connectivity index is 1.42. The van der Waals surface area contributed by atoms with Gasteiger partial charge in [-0.3, -0.25) is 14.6 Å². The lowest BCUT2D eigenvalue weighted by Crippen LogP contribution is -2.46. The van der Waals surface area contributed by atoms with Crippen molar-refractivity contribution in [1.29, 1.82) is 0 Å². The molecular weight excluding hydrogens is 354 g/mol. The van der Waals surface area contributed by atoms with Crippen LogP contribution in [0.1, 0.15) is 79.1 Å². The van der Waals surface area contributed by atoms with Crippen molar-refractivity contribution in [3.05, 3.63) is 47.6 Å². The first kappa shape index (κ1) is 18.8. The summed E-state index contributed by atoms with van der Waals surface area (Å²) in [6.07, 6.45) is 12.1. The minimum Gasteiger partial charge on any atom is -0.360 e. The van der Waals surface area contributed by atoms with Gasteiger partial charge in [0.05, 0.1) is 6.04 Å². The third-order valence-corrected chi connectivity index (χ3v) is 5.88. The van der Waals surface area contributed by atoms with Crippen LogP contribution in [0.5, 0.6) is 0 Å². The molecule has 0 bridgehead atoms. The second-order valence-corrected chi connectivity index (χ2v) is 8.07. The van der Waals surface area contributed by atoms with Crippen molar-refractivity contribution in [3.8, 4) is 0 Å². The maximum absolute atomic E-state index is 13.0. The topological polar surface area (TPSA) is 85.1 Å². The number of nitrogens with zero attached hydrogens (tertiary/aromatic N) is 2. The molecule has 0 aromatic carbocycles. The lowest BCUT2D eigenvalue weighted by atomic mass is 9.81. The Morgan fingerprint density at radius 2 is 2.00 bits per heavy atom. The normalized spacial score (nSPS) is 18.6. The Kier molecular flexibility index (Phi) is 5.84. The molecular formula is C22H27N3O3. The van der Waals surface area contributed by atoms with Crippen molar-refractivity contribution in [3.63, 3.8) is 0 Å². The van der Waals surface area contributed by atoms with Gasteiger partial charge < -0.3 is 9.84 Å². The van der Waals surface area contributed by atoms with Gasteiger partial charge in [-0.15, -0.1) is 0 Å². The van der Waals surface area contributed by atoms with E-state index < -0.39 is 6.04 Å². The van der Waals surface area contributed by atoms with Crippen molar-refractivity contribution in [2.24, 2.45) is 5.92 Å². The summed E-state index contributed by atoms with van der Waals surface area (Å²) in [6.45, 7) is 0. The van der Waals surface area contributed by atoms with Crippen molar-refractivity contribution < 1.29 is 14.1 Å². The van der Waals surface area contributed by atoms with E-state index in [1.807, 2.05) is 12.1 Å². The predicted molar refractivity (Wildman–Crippen MR) is 104 cm³/mol. The lowest BCUT2D eigenvalue weighted by molar-refractivity contribution is -0.122. The molecule has 148 valence electrons. The number of carbonyl (C=O) groups excluding carboxylic acids is 2. The van der Waals surface area contributed by atoms with Crippen LogP contribution in [0, 0.1) is 5.92 Å². The smallest absolute Gasteiger partial charge is 0.274 e. The standard InChI is InChI=1S/C22H27N3O3/c26-19(11-8-15-5-4-12-23-14-15)21(17-6-2-1-3-7-17)24-22(27)18-13-20(28-25-18)16-9-10-16/h4-5,12-14,16-17,21H,1-3,6-11H2,(H,24,27). The largest absolute Gasteiger partial charge is 0.360 e. The average Bonchev–Trinajstić information content (AvgIpc) is 3.48. The number of hydrogen-bond donors (Lipinski definition) is 1. The van der Waals surface area contributed by atoms with Gasteiger partial charge in [0, 0.05) is 30.8 Å². The summed E-state index contributed by atoms with van der Waals surface area (Å²) in [5.41, 5.74) is 1.32. The Bertz CT molecular complexity index is 807. The van der Waals surface area contributed by atoms with Crippen molar-refractivity contribution in [1.82, 2.24) is 15.5 Å². The van der Waals surface area contributed by atoms with Crippen LogP contribution in [0.3, 0.4) is 0 Å². The van der Waals surface area contributed by atoms with Crippen molar-refractivity contribution in [2.45, 2.75) is 69.7 Å². The summed E-state index contributed by atoms with van der Waals surface area (Å²) in [5, 5.41) is 6.91. The first-order chi connectivity index (χ1) is 13.7. The number of hydrogen-bond acceptors (Lipinski definition) is 5. The van der Waals surface area contributed by atoms with Gasteiger partial charge >= 0.3 is 0 Å². The highest BCUT2D eigenvalue weighted by molar-refractivity contribution is 5.96. The van der Waals surface area contributed by atoms with E-state index in [2.05, 4.69) is 15.5 Å². The SMILES string of the molecule is O=C(NC(C(=O)CCc1cccnc1)C1CCCCC1)c1cc(C2CC2)on1. The molecule has 1 amide bonds. The summed E-state index contributed by atoms with van der Waals surface area (Å²) in [4.78, 5) is 29.9. The highest BCUT2D eigenvalue weighted by Gasteiger charge is 2.33. The van der Waals surface area contributed by atoms with Crippen LogP contribution < -0.4 is 5.32 Å². The van der Waals surface area contributed by atoms with E-state index >= 15 is 0 Å². The molecule has 6 heteroatoms. The number of Topliss-reactive ketones (excluding diaryl/α,β-unsaturated/α-hetero) is 1. The number of rotatable bonds is 8. The zero-order chi connectivity index (χ0) is 19.3. The zero-order valence-corrected chi connectivity index (χ0v) is 16.1. The summed E-state index contributed by atoms with van der Waals surface area (Å²) in [5.74, 6) is 1.18. The highest BCUT2D eigenvalue weighted by Crippen LogP contribution is 2.40. The molecule has 6 nitrogen and oxygen atoms in total. The third-order valence-electron chi connectivity index (χ3n) is 5.88. The molecule has 2 aromatic heterocycles. The Morgan fingerprint density at radius 3 is 2.71 bits per heavy atom. The van der Waals surface area contributed by atoms with E-state index in [1.165, 1.54) is 6.42 Å². The van der Waals surface area contributed by atoms with Gasteiger partial charge in [0.2, 0.25) is 0 Å². The number of carbonyl (C=O) groups is 2. The second-order valence-electron chi connectivity index (χ2n) is 8.07. The van der Waals surface area contributed by atoms with Crippen LogP contribution in [0.4, 0.5) is 0 Å². The van der Waals surface area contributed by atoms with E-state index in [-0.39, 0.29) is 23.3 Å². The number of aromatic nitrogens is 2. The van der Waals surface area contributed by atoms with Gasteiger partial charge in [0.1, 0.15) is 5.76 Å². The quantitative estimate of drug-likeness (QED) is 0.751. The number of aryl methyl sites for hydroxylation is 1. The molecule has 0 radical (unpaired) electrons. The molecule has 2 fully saturated rings. The minimum absolute atomic E-state index is 0.0926. The fourth-order valence-electron chi connectivity index (χ4n) is 4.07. The van der Waals surface area contributed by atoms with Gasteiger partial charge in [-0.05, 0) is 49.7 Å². The third kappa shape index (κ3) is 4.66. The van der Waals surface area contributed by atoms with E-state index in [1.54, 1.807) is 18.5 Å². The molecule has 0 saturated heterocycles. The predicted octanol–water partition coefficient (Wildman–Crippen LogP) is 3.83. The van der Waals surface area contributed by atoms with Crippen molar-refractivity contribution in [2.75, 3.05) is 0 Å². The van der Waals surface area contributed by atoms with Gasteiger partial charge in [-0.2, -0.15) is 0 Å². The molecule has 2 aliphatic rings. The molecule has 28 heavy (non-hydrogen) atoms. The summed E-state index contributed by atoms with van der Waals surface area (Å²) < 4.78 is 5.30. The lowest BCUT2D eigenvalue weighted by Gasteiger charge is -2.29. The zero-order valence-electron chi connectivity index (χ0n) is 16.1. The van der Waals surface area contributed by atoms with E-state index in [4.69, 9.17) is 4.52 Å². The molecule has 0 aliphatic heterocycles. The fourth-order valence-corrected chi connectivity index (χ4v) is 4.07. The molecule has 1 N–H and O–H groups in total. The first-order valence-electron chi connectivity index (χ1n) is 10.4. The Morgan fingerprint density at radius 1 is 1.18 bits per heavy atom. The van der Waals surface area contributed by atoms with E-state index in [0.717, 1.165) is 49.8 Å². The van der Waals surface area contributed by atoms with Gasteiger partial charge in [-0.25, -0.2) is 0 Å². The first-order valence-corrected chi connectivity index (χ1v) is 10.4. The van der Waals surface area contributed by atoms with Gasteiger partial charge in [-0.1, -0.05) is 30.5 Å². The molecule has 4 rings (SSSR count). The van der Waals surface area contributed by atoms with Crippen LogP contribution in [-0.4, -0.2) is 27.9 Å². The molecule has 2 saturated carbocycles. The fraction of sp³-hybridized carbons (Fsp3) is 0.545. The molecule has 1 atom stereocenters. The molecule has 2 aromatic rings. The summed E-state index contributed by atoms with van der Waals surface area (Å²) in [6, 6.07) is 5.13. The maximum Gasteiger partial charge on any atom is 0.274 e. The molecule has 2 heterocycles. The molecule has 1 unspecified atom stereocenters. The summed E-state index contributed by atoms with van der Waals surface area (Å²) in [7, 11) is 0. The van der Waals surface area contributed by atoms with Crippen LogP contribution >= 0.6 is 0 Å². The minimum atomic E-state index is -0.453. The number of ketones is 1. The van der Waals surface area contributed by atoms with E-state index in [9.17, 15) is 9.59 Å². The number of nitrogens with one attached hydrogen (secondary N) is 1. The van der Waals surface area contributed by atoms with Crippen molar-refractivity contribution >= 4 is 11.7 Å². The van der Waals surface area contributed by atoms with Crippen LogP contribution in [0.15, 0.2) is 35.1 Å². The second kappa shape index (κ2) is 8.67. The van der Waals surface area contributed by atoms with Gasteiger partial charge in [0.15, 0.2) is 11.5 Å². The highest BCUT2D eigenvalue weighted by atomic mass is 16.5. The monoisotopic (exact) mass is 381 g/mol. The number of amides is 1. The Labute approximate surface area is 165 Å². The van der Waals surface area contributed by atoms with Crippen LogP contribution in [0.2, 0.25) is 0 Å². The Hall–Kier alpha value is -2.50. The summed E-state index contributed by atoms with van der Waals surface area (Å²) >= 11 is 0. The molecule has 2 aliphatic carbocycles. The number of pyridine rings is 1. The maximum atomic E-state index is 13.0. The van der Waals surface area contributed by atoms with Crippen LogP contribution in [0.25, 0.3) is 0 Å². The van der Waals surface area contributed by atoms with Crippen LogP contribution in [-0.2, 0) is 11.2 Å². The van der Waals surface area contributed by atoms with E-state index in [0.29, 0.717) is 18.8 Å². The molecule has 0 spiro atoms. The average molecular weight is 381 g/mol. The van der Waals surface area contributed by atoms with Gasteiger partial charge in [0.25, 0.3) is 5.91 Å².